The van der Waals surface area contributed by atoms with Crippen molar-refractivity contribution in [1.29, 1.82) is 0 Å². The fourth-order valence-corrected chi connectivity index (χ4v) is 3.90. The zero-order valence-corrected chi connectivity index (χ0v) is 16.6. The lowest BCUT2D eigenvalue weighted by Gasteiger charge is -2.02. The fourth-order valence-electron chi connectivity index (χ4n) is 2.27. The van der Waals surface area contributed by atoms with Gasteiger partial charge in [-0.05, 0) is 30.2 Å². The van der Waals surface area contributed by atoms with Crippen LogP contribution in [0.15, 0.2) is 59.9 Å². The second kappa shape index (κ2) is 9.34. The SMILES string of the molecule is C[n+]1cccc(-c2nsnc2SCCCc2ccccc2)c1.[I-]. The average Bonchev–Trinajstić information content (AvgIpc) is 3.01. The van der Waals surface area contributed by atoms with Crippen molar-refractivity contribution in [2.24, 2.45) is 7.05 Å². The fraction of sp³-hybridized carbons (Fsp3) is 0.235. The molecule has 3 aromatic rings. The minimum Gasteiger partial charge on any atom is -1.00 e. The lowest BCUT2D eigenvalue weighted by Crippen LogP contribution is -3.00. The molecule has 0 atom stereocenters. The van der Waals surface area contributed by atoms with Crippen molar-refractivity contribution >= 4 is 23.5 Å². The third-order valence-electron chi connectivity index (χ3n) is 3.36. The summed E-state index contributed by atoms with van der Waals surface area (Å²) < 4.78 is 11.0. The van der Waals surface area contributed by atoms with Gasteiger partial charge in [-0.1, -0.05) is 30.3 Å². The molecule has 23 heavy (non-hydrogen) atoms. The van der Waals surface area contributed by atoms with Crippen molar-refractivity contribution in [2.75, 3.05) is 5.75 Å². The summed E-state index contributed by atoms with van der Waals surface area (Å²) in [6, 6.07) is 14.8. The van der Waals surface area contributed by atoms with Gasteiger partial charge in [0.15, 0.2) is 12.4 Å². The quantitative estimate of drug-likeness (QED) is 0.238. The Labute approximate surface area is 162 Å². The highest BCUT2D eigenvalue weighted by Crippen LogP contribution is 2.29. The number of thioether (sulfide) groups is 1. The number of benzene rings is 1. The third-order valence-corrected chi connectivity index (χ3v) is 5.06. The molecule has 1 aromatic carbocycles. The van der Waals surface area contributed by atoms with Gasteiger partial charge in [-0.3, -0.25) is 0 Å². The van der Waals surface area contributed by atoms with Gasteiger partial charge in [-0.25, -0.2) is 4.57 Å². The molecule has 0 unspecified atom stereocenters. The zero-order chi connectivity index (χ0) is 15.2. The predicted octanol–water partition coefficient (Wildman–Crippen LogP) is 0.758. The van der Waals surface area contributed by atoms with E-state index in [1.54, 1.807) is 11.8 Å². The largest absolute Gasteiger partial charge is 1.00 e. The lowest BCUT2D eigenvalue weighted by atomic mass is 10.1. The van der Waals surface area contributed by atoms with Crippen molar-refractivity contribution in [3.63, 3.8) is 0 Å². The van der Waals surface area contributed by atoms with Gasteiger partial charge in [0.25, 0.3) is 0 Å². The number of rotatable bonds is 6. The first kappa shape index (κ1) is 18.4. The monoisotopic (exact) mass is 455 g/mol. The molecular formula is C17H18IN3S2. The minimum atomic E-state index is 0. The van der Waals surface area contributed by atoms with Gasteiger partial charge in [0.2, 0.25) is 0 Å². The first-order valence-corrected chi connectivity index (χ1v) is 8.99. The van der Waals surface area contributed by atoms with Crippen molar-refractivity contribution in [3.8, 4) is 11.3 Å². The van der Waals surface area contributed by atoms with Crippen molar-refractivity contribution in [2.45, 2.75) is 17.9 Å². The molecule has 2 aromatic heterocycles. The Kier molecular flexibility index (Phi) is 7.45. The summed E-state index contributed by atoms with van der Waals surface area (Å²) in [4.78, 5) is 0. The lowest BCUT2D eigenvalue weighted by molar-refractivity contribution is -0.671. The Morgan fingerprint density at radius 1 is 1.09 bits per heavy atom. The third kappa shape index (κ3) is 5.26. The molecule has 0 aliphatic heterocycles. The molecule has 0 aliphatic carbocycles. The average molecular weight is 455 g/mol. The van der Waals surface area contributed by atoms with E-state index in [9.17, 15) is 0 Å². The molecule has 3 nitrogen and oxygen atoms in total. The minimum absolute atomic E-state index is 0. The van der Waals surface area contributed by atoms with Crippen LogP contribution in [0.3, 0.4) is 0 Å². The highest BCUT2D eigenvalue weighted by atomic mass is 127. The van der Waals surface area contributed by atoms with E-state index in [-0.39, 0.29) is 24.0 Å². The molecule has 0 fully saturated rings. The van der Waals surface area contributed by atoms with E-state index in [0.717, 1.165) is 34.9 Å². The van der Waals surface area contributed by atoms with Crippen LogP contribution in [0.1, 0.15) is 12.0 Å². The van der Waals surface area contributed by atoms with Crippen LogP contribution in [-0.4, -0.2) is 14.5 Å². The van der Waals surface area contributed by atoms with Crippen molar-refractivity contribution in [1.82, 2.24) is 8.75 Å². The van der Waals surface area contributed by atoms with E-state index in [1.807, 2.05) is 23.9 Å². The standard InChI is InChI=1S/C17H18N3S2.HI/c1-20-11-5-10-15(13-20)16-17(19-22-18-16)21-12-6-9-14-7-3-2-4-8-14;/h2-5,7-8,10-11,13H,6,9,12H2,1H3;1H/q+1;/p-1. The molecule has 0 amide bonds. The molecule has 0 spiro atoms. The van der Waals surface area contributed by atoms with Crippen LogP contribution >= 0.6 is 23.5 Å². The second-order valence-corrected chi connectivity index (χ2v) is 6.73. The first-order chi connectivity index (χ1) is 10.8. The molecule has 0 bridgehead atoms. The van der Waals surface area contributed by atoms with Gasteiger partial charge >= 0.3 is 0 Å². The molecule has 6 heteroatoms. The van der Waals surface area contributed by atoms with Crippen LogP contribution in [0.2, 0.25) is 0 Å². The maximum Gasteiger partial charge on any atom is 0.178 e. The smallest absolute Gasteiger partial charge is 0.178 e. The predicted molar refractivity (Wildman–Crippen MR) is 92.0 cm³/mol. The summed E-state index contributed by atoms with van der Waals surface area (Å²) in [5, 5.41) is 1.05. The summed E-state index contributed by atoms with van der Waals surface area (Å²) in [6.07, 6.45) is 6.37. The maximum atomic E-state index is 4.46. The second-order valence-electron chi connectivity index (χ2n) is 5.11. The molecule has 0 aliphatic rings. The maximum absolute atomic E-state index is 4.46. The van der Waals surface area contributed by atoms with Crippen LogP contribution in [0.4, 0.5) is 0 Å². The number of aromatic nitrogens is 3. The summed E-state index contributed by atoms with van der Waals surface area (Å²) in [5.41, 5.74) is 3.53. The van der Waals surface area contributed by atoms with Crippen LogP contribution in [0.5, 0.6) is 0 Å². The summed E-state index contributed by atoms with van der Waals surface area (Å²) in [6.45, 7) is 0. The van der Waals surface area contributed by atoms with E-state index in [1.165, 1.54) is 17.3 Å². The van der Waals surface area contributed by atoms with E-state index in [2.05, 4.69) is 51.3 Å². The van der Waals surface area contributed by atoms with Crippen molar-refractivity contribution < 1.29 is 28.5 Å². The number of hydrogen-bond donors (Lipinski definition) is 0. The molecule has 2 heterocycles. The highest BCUT2D eigenvalue weighted by molar-refractivity contribution is 7.99. The van der Waals surface area contributed by atoms with Gasteiger partial charge in [-0.15, -0.1) is 11.8 Å². The molecule has 120 valence electrons. The molecular weight excluding hydrogens is 437 g/mol. The molecule has 0 radical (unpaired) electrons. The van der Waals surface area contributed by atoms with E-state index < -0.39 is 0 Å². The molecule has 0 N–H and O–H groups in total. The van der Waals surface area contributed by atoms with Gasteiger partial charge in [-0.2, -0.15) is 8.75 Å². The van der Waals surface area contributed by atoms with Crippen LogP contribution in [0.25, 0.3) is 11.3 Å². The Hall–Kier alpha value is -0.990. The number of nitrogens with zero attached hydrogens (tertiary/aromatic N) is 3. The normalized spacial score (nSPS) is 10.3. The van der Waals surface area contributed by atoms with Crippen LogP contribution < -0.4 is 28.5 Å². The topological polar surface area (TPSA) is 29.7 Å². The van der Waals surface area contributed by atoms with Gasteiger partial charge in [0.1, 0.15) is 17.8 Å². The van der Waals surface area contributed by atoms with Gasteiger partial charge in [0, 0.05) is 6.07 Å². The van der Waals surface area contributed by atoms with Crippen molar-refractivity contribution in [3.05, 3.63) is 60.4 Å². The number of aryl methyl sites for hydroxylation is 2. The molecule has 0 saturated heterocycles. The summed E-state index contributed by atoms with van der Waals surface area (Å²) in [5.74, 6) is 1.06. The Morgan fingerprint density at radius 2 is 1.91 bits per heavy atom. The highest BCUT2D eigenvalue weighted by Gasteiger charge is 2.13. The van der Waals surface area contributed by atoms with Crippen LogP contribution in [0, 0.1) is 0 Å². The Morgan fingerprint density at radius 3 is 2.70 bits per heavy atom. The number of pyridine rings is 1. The van der Waals surface area contributed by atoms with Gasteiger partial charge < -0.3 is 24.0 Å². The Bertz CT molecular complexity index is 731. The first-order valence-electron chi connectivity index (χ1n) is 7.28. The number of hydrogen-bond acceptors (Lipinski definition) is 4. The number of halogens is 1. The summed E-state index contributed by atoms with van der Waals surface area (Å²) >= 11 is 3.09. The Balaban J connectivity index is 0.00000192. The zero-order valence-electron chi connectivity index (χ0n) is 12.9. The van der Waals surface area contributed by atoms with E-state index in [0.29, 0.717) is 0 Å². The van der Waals surface area contributed by atoms with Crippen LogP contribution in [-0.2, 0) is 13.5 Å². The van der Waals surface area contributed by atoms with Gasteiger partial charge in [0.05, 0.1) is 17.3 Å². The van der Waals surface area contributed by atoms with E-state index >= 15 is 0 Å². The molecule has 0 saturated carbocycles. The van der Waals surface area contributed by atoms with E-state index in [4.69, 9.17) is 0 Å². The molecule has 3 rings (SSSR count). The summed E-state index contributed by atoms with van der Waals surface area (Å²) in [7, 11) is 2.02.